The zero-order valence-corrected chi connectivity index (χ0v) is 11.1. The van der Waals surface area contributed by atoms with Crippen LogP contribution in [0.3, 0.4) is 0 Å². The van der Waals surface area contributed by atoms with E-state index in [1.807, 2.05) is 0 Å². The Labute approximate surface area is 160 Å². The van der Waals surface area contributed by atoms with Gasteiger partial charge in [-0.1, -0.05) is 12.1 Å². The summed E-state index contributed by atoms with van der Waals surface area (Å²) < 4.78 is 172. The second kappa shape index (κ2) is 4.82. The molecule has 3 fully saturated rings. The van der Waals surface area contributed by atoms with Crippen LogP contribution in [-0.4, -0.2) is 47.7 Å². The Hall–Kier alpha value is -1.35. The summed E-state index contributed by atoms with van der Waals surface area (Å²) in [6.45, 7) is -15.3. The molecule has 1 aromatic carbocycles. The molecule has 2 atom stereocenters. The highest BCUT2D eigenvalue weighted by atomic mass is 16.2. The summed E-state index contributed by atoms with van der Waals surface area (Å²) in [5.41, 5.74) is -2.51. The lowest BCUT2D eigenvalue weighted by Gasteiger charge is -2.51. The van der Waals surface area contributed by atoms with Gasteiger partial charge in [-0.2, -0.15) is 0 Å². The predicted octanol–water partition coefficient (Wildman–Crippen LogP) is 2.66. The van der Waals surface area contributed by atoms with E-state index in [-0.39, 0.29) is 4.90 Å². The number of hydrogen-bond donors (Lipinski definition) is 0. The smallest absolute Gasteiger partial charge is 0.254 e. The molecule has 5 aliphatic rings. The van der Waals surface area contributed by atoms with E-state index >= 15 is 0 Å². The van der Waals surface area contributed by atoms with Crippen molar-refractivity contribution in [2.24, 2.45) is 5.89 Å². The summed E-state index contributed by atoms with van der Waals surface area (Å²) in [5.74, 6) is -9.35. The summed E-state index contributed by atoms with van der Waals surface area (Å²) in [6.07, 6.45) is -18.6. The average molecular weight is 317 g/mol. The van der Waals surface area contributed by atoms with E-state index in [2.05, 4.69) is 0 Å². The fourth-order valence-electron chi connectivity index (χ4n) is 2.76. The number of amides is 1. The molecule has 0 radical (unpaired) electrons. The van der Waals surface area contributed by atoms with Crippen molar-refractivity contribution in [2.45, 2.75) is 43.8 Å². The number of rotatable bonds is 1. The minimum atomic E-state index is -4.02. The number of aryl methyl sites for hydroxylation is 1. The van der Waals surface area contributed by atoms with Gasteiger partial charge in [0, 0.05) is 55.2 Å². The van der Waals surface area contributed by atoms with Crippen molar-refractivity contribution < 1.29 is 32.2 Å². The number of benzene rings is 1. The van der Waals surface area contributed by atoms with E-state index in [0.717, 1.165) is 18.2 Å². The molecule has 3 saturated heterocycles. The van der Waals surface area contributed by atoms with Crippen LogP contribution < -0.4 is 0 Å². The van der Waals surface area contributed by atoms with Crippen molar-refractivity contribution in [1.82, 2.24) is 9.80 Å². The predicted molar refractivity (Wildman–Crippen MR) is 86.1 cm³/mol. The van der Waals surface area contributed by atoms with Gasteiger partial charge in [-0.15, -0.1) is 0 Å². The Morgan fingerprint density at radius 2 is 2.05 bits per heavy atom. The van der Waals surface area contributed by atoms with E-state index in [4.69, 9.17) is 26.0 Å². The van der Waals surface area contributed by atoms with Crippen molar-refractivity contribution in [3.05, 3.63) is 34.9 Å². The van der Waals surface area contributed by atoms with E-state index in [1.54, 1.807) is 0 Å². The maximum Gasteiger partial charge on any atom is 0.254 e. The van der Waals surface area contributed by atoms with Gasteiger partial charge in [0.2, 0.25) is 0 Å². The third-order valence-corrected chi connectivity index (χ3v) is 3.77. The monoisotopic (exact) mass is 316 g/mol. The molecule has 1 aliphatic carbocycles. The van der Waals surface area contributed by atoms with E-state index in [0.29, 0.717) is 0 Å². The van der Waals surface area contributed by atoms with Crippen LogP contribution in [0.1, 0.15) is 80.3 Å². The first-order valence-electron chi connectivity index (χ1n) is 16.7. The molecule has 0 N–H and O–H groups in total. The van der Waals surface area contributed by atoms with Gasteiger partial charge in [0.15, 0.2) is 0 Å². The number of carbonyl (C=O) groups excluding carboxylic acids is 1. The molecular weight excluding hydrogens is 272 g/mol. The van der Waals surface area contributed by atoms with Gasteiger partial charge in [0.1, 0.15) is 0 Å². The quantitative estimate of drug-likeness (QED) is 0.795. The van der Waals surface area contributed by atoms with Gasteiger partial charge in [0.05, 0.1) is 2.74 Å². The van der Waals surface area contributed by atoms with E-state index in [1.165, 1.54) is 0 Å². The second-order valence-electron chi connectivity index (χ2n) is 5.02. The molecule has 1 aromatic rings. The Morgan fingerprint density at radius 1 is 1.18 bits per heavy atom. The Balaban J connectivity index is 1.94. The highest BCUT2D eigenvalue weighted by molar-refractivity contribution is 5.97. The highest BCUT2D eigenvalue weighted by Gasteiger charge is 2.43. The van der Waals surface area contributed by atoms with Crippen LogP contribution in [0.15, 0.2) is 18.2 Å². The molecule has 0 unspecified atom stereocenters. The second-order valence-corrected chi connectivity index (χ2v) is 5.02. The number of fused-ring (bicyclic) bond motifs is 3. The first-order chi connectivity index (χ1) is 18.4. The maximum absolute atomic E-state index is 14.1. The highest BCUT2D eigenvalue weighted by Crippen LogP contribution is 2.41. The van der Waals surface area contributed by atoms with Crippen LogP contribution in [-0.2, 0) is 6.37 Å². The average Bonchev–Trinajstić information content (AvgIpc) is 2.80. The van der Waals surface area contributed by atoms with Crippen LogP contribution >= 0.6 is 0 Å². The Morgan fingerprint density at radius 3 is 2.91 bits per heavy atom. The molecule has 0 spiro atoms. The van der Waals surface area contributed by atoms with Crippen LogP contribution in [0.25, 0.3) is 0 Å². The molecule has 3 nitrogen and oxygen atoms in total. The third kappa shape index (κ3) is 1.81. The van der Waals surface area contributed by atoms with Gasteiger partial charge in [-0.05, 0) is 67.9 Å². The van der Waals surface area contributed by atoms with E-state index < -0.39 is 103 Å². The van der Waals surface area contributed by atoms with Gasteiger partial charge >= 0.3 is 0 Å². The molecule has 4 aliphatic heterocycles. The van der Waals surface area contributed by atoms with Gasteiger partial charge < -0.3 is 9.80 Å². The zero-order chi connectivity index (χ0) is 32.7. The fraction of sp³-hybridized carbons (Fsp3) is 0.632. The first-order valence-corrected chi connectivity index (χ1v) is 6.65. The molecule has 3 heteroatoms. The minimum absolute atomic E-state index is 0.305. The minimum Gasteiger partial charge on any atom is -0.333 e. The standard InChI is InChI=1S/C19H24N2O/c22-19-16-6-2-4-14-3-1-5-15(18(14)16)11-21(19)17-12-20-9-7-13(17)8-10-20/h2,4,6,13,15,17H,1,3,5,7-12H2/t15-,17-/m1/s1/i1D2,3D2,5D2,7D2,8D2,9D2,10D2,11D2,12D2,13D,15D. The lowest BCUT2D eigenvalue weighted by atomic mass is 9.75. The van der Waals surface area contributed by atoms with Gasteiger partial charge in [-0.3, -0.25) is 4.79 Å². The van der Waals surface area contributed by atoms with Crippen molar-refractivity contribution in [3.8, 4) is 0 Å². The summed E-state index contributed by atoms with van der Waals surface area (Å²) in [6, 6.07) is -0.286. The van der Waals surface area contributed by atoms with Gasteiger partial charge in [-0.25, -0.2) is 0 Å². The van der Waals surface area contributed by atoms with Crippen molar-refractivity contribution in [3.63, 3.8) is 0 Å². The van der Waals surface area contributed by atoms with Crippen LogP contribution in [0.2, 0.25) is 0 Å². The van der Waals surface area contributed by atoms with Gasteiger partial charge in [0.25, 0.3) is 5.91 Å². The molecule has 22 heavy (non-hydrogen) atoms. The summed E-state index contributed by atoms with van der Waals surface area (Å²) in [5, 5.41) is 0. The molecule has 116 valence electrons. The van der Waals surface area contributed by atoms with Crippen molar-refractivity contribution in [2.75, 3.05) is 26.0 Å². The number of piperidine rings is 3. The maximum atomic E-state index is 14.1. The van der Waals surface area contributed by atoms with E-state index in [9.17, 15) is 6.17 Å². The van der Waals surface area contributed by atoms with Crippen molar-refractivity contribution in [1.29, 1.82) is 0 Å². The molecular formula is C19H24N2O. The van der Waals surface area contributed by atoms with Crippen molar-refractivity contribution >= 4 is 5.91 Å². The summed E-state index contributed by atoms with van der Waals surface area (Å²) in [4.78, 5) is 13.3. The van der Waals surface area contributed by atoms with Crippen LogP contribution in [0, 0.1) is 5.89 Å². The molecule has 2 bridgehead atoms. The lowest BCUT2D eigenvalue weighted by molar-refractivity contribution is 0.00258. The normalized spacial score (nSPS) is 77.1. The fourth-order valence-corrected chi connectivity index (χ4v) is 2.76. The van der Waals surface area contributed by atoms with Crippen LogP contribution in [0.4, 0.5) is 0 Å². The van der Waals surface area contributed by atoms with Crippen LogP contribution in [0.5, 0.6) is 0 Å². The molecule has 6 rings (SSSR count). The summed E-state index contributed by atoms with van der Waals surface area (Å²) in [7, 11) is 0. The Bertz CT molecular complexity index is 1390. The SMILES string of the molecule is [2H]C1([2H])[C@@H](N2C(=O)c3cccc4c3[C@@]([2H])(C2([2H])[2H])C([2H])([2H])C([2H])([2H])C4([2H])[2H])C2([2H])C([2H])([2H])C([2H])([2H])N1C([2H])([2H])C2([2H])[2H]. The third-order valence-electron chi connectivity index (χ3n) is 3.77. The molecule has 1 amide bonds. The largest absolute Gasteiger partial charge is 0.333 e. The lowest BCUT2D eigenvalue weighted by Crippen LogP contribution is -2.60. The summed E-state index contributed by atoms with van der Waals surface area (Å²) >= 11 is 0. The topological polar surface area (TPSA) is 23.6 Å². The first kappa shape index (κ1) is 4.00. The molecule has 0 saturated carbocycles. The number of carbonyl (C=O) groups is 1. The molecule has 0 aromatic heterocycles. The Kier molecular flexibility index (Phi) is 0.877. The number of nitrogens with zero attached hydrogens (tertiary/aromatic N) is 2. The molecule has 4 heterocycles. The number of hydrogen-bond acceptors (Lipinski definition) is 2. The zero-order valence-electron chi connectivity index (χ0n) is 31.1.